The van der Waals surface area contributed by atoms with Crippen LogP contribution in [-0.4, -0.2) is 49.8 Å². The van der Waals surface area contributed by atoms with Gasteiger partial charge in [-0.05, 0) is 19.5 Å². The molecule has 19 heavy (non-hydrogen) atoms. The number of hydrogen-bond acceptors (Lipinski definition) is 5. The second-order valence-corrected chi connectivity index (χ2v) is 4.70. The standard InChI is InChI=1S/C14H23N3O2/c1-4-17(11-5-7-15-9-11)10-12-14(19-3)13(18-2)6-8-16-12/h6,8,11,15H,4-5,7,9-10H2,1-3H3. The molecule has 1 aromatic heterocycles. The van der Waals surface area contributed by atoms with E-state index in [4.69, 9.17) is 9.47 Å². The van der Waals surface area contributed by atoms with Crippen LogP contribution in [0.5, 0.6) is 11.5 Å². The van der Waals surface area contributed by atoms with E-state index in [0.29, 0.717) is 6.04 Å². The number of rotatable bonds is 6. The Kier molecular flexibility index (Phi) is 4.99. The lowest BCUT2D eigenvalue weighted by Gasteiger charge is -2.27. The Balaban J connectivity index is 2.16. The summed E-state index contributed by atoms with van der Waals surface area (Å²) >= 11 is 0. The summed E-state index contributed by atoms with van der Waals surface area (Å²) in [4.78, 5) is 6.89. The molecule has 1 N–H and O–H groups in total. The van der Waals surface area contributed by atoms with E-state index in [9.17, 15) is 0 Å². The molecule has 0 bridgehead atoms. The monoisotopic (exact) mass is 265 g/mol. The number of nitrogens with zero attached hydrogens (tertiary/aromatic N) is 2. The predicted octanol–water partition coefficient (Wildman–Crippen LogP) is 1.28. The van der Waals surface area contributed by atoms with Gasteiger partial charge in [-0.15, -0.1) is 0 Å². The van der Waals surface area contributed by atoms with Crippen LogP contribution in [0.1, 0.15) is 19.0 Å². The van der Waals surface area contributed by atoms with E-state index in [0.717, 1.165) is 43.4 Å². The Labute approximate surface area is 114 Å². The van der Waals surface area contributed by atoms with Gasteiger partial charge < -0.3 is 14.8 Å². The molecular formula is C14H23N3O2. The summed E-state index contributed by atoms with van der Waals surface area (Å²) < 4.78 is 10.8. The van der Waals surface area contributed by atoms with Gasteiger partial charge in [-0.3, -0.25) is 9.88 Å². The minimum atomic E-state index is 0.586. The topological polar surface area (TPSA) is 46.6 Å². The van der Waals surface area contributed by atoms with Gasteiger partial charge in [0.1, 0.15) is 5.69 Å². The molecule has 0 aromatic carbocycles. The maximum absolute atomic E-state index is 5.45. The molecule has 1 saturated heterocycles. The third-order valence-electron chi connectivity index (χ3n) is 3.68. The molecule has 0 saturated carbocycles. The molecule has 1 aromatic rings. The van der Waals surface area contributed by atoms with Crippen LogP contribution in [0.4, 0.5) is 0 Å². The SMILES string of the molecule is CCN(Cc1nccc(OC)c1OC)C1CCNC1. The second kappa shape index (κ2) is 6.73. The van der Waals surface area contributed by atoms with Crippen LogP contribution < -0.4 is 14.8 Å². The quantitative estimate of drug-likeness (QED) is 0.839. The number of hydrogen-bond donors (Lipinski definition) is 1. The van der Waals surface area contributed by atoms with Crippen LogP contribution in [0.2, 0.25) is 0 Å². The average Bonchev–Trinajstić information content (AvgIpc) is 2.98. The van der Waals surface area contributed by atoms with E-state index >= 15 is 0 Å². The fourth-order valence-electron chi connectivity index (χ4n) is 2.61. The van der Waals surface area contributed by atoms with Crippen molar-refractivity contribution >= 4 is 0 Å². The Morgan fingerprint density at radius 3 is 2.84 bits per heavy atom. The van der Waals surface area contributed by atoms with Gasteiger partial charge in [0.05, 0.1) is 14.2 Å². The highest BCUT2D eigenvalue weighted by Gasteiger charge is 2.23. The summed E-state index contributed by atoms with van der Waals surface area (Å²) in [5, 5.41) is 3.41. The smallest absolute Gasteiger partial charge is 0.183 e. The van der Waals surface area contributed by atoms with Gasteiger partial charge in [0.2, 0.25) is 0 Å². The molecule has 0 radical (unpaired) electrons. The van der Waals surface area contributed by atoms with E-state index < -0.39 is 0 Å². The first-order chi connectivity index (χ1) is 9.30. The van der Waals surface area contributed by atoms with Gasteiger partial charge in [0.25, 0.3) is 0 Å². The van der Waals surface area contributed by atoms with Crippen LogP contribution in [0.15, 0.2) is 12.3 Å². The minimum Gasteiger partial charge on any atom is -0.493 e. The number of ether oxygens (including phenoxy) is 2. The summed E-state index contributed by atoms with van der Waals surface area (Å²) in [5.74, 6) is 1.49. The number of aromatic nitrogens is 1. The van der Waals surface area contributed by atoms with Crippen LogP contribution in [-0.2, 0) is 6.54 Å². The summed E-state index contributed by atoms with van der Waals surface area (Å²) in [7, 11) is 3.32. The van der Waals surface area contributed by atoms with E-state index in [1.54, 1.807) is 20.4 Å². The molecule has 0 amide bonds. The average molecular weight is 265 g/mol. The van der Waals surface area contributed by atoms with Gasteiger partial charge in [0, 0.05) is 31.4 Å². The van der Waals surface area contributed by atoms with Crippen LogP contribution >= 0.6 is 0 Å². The number of nitrogens with one attached hydrogen (secondary N) is 1. The van der Waals surface area contributed by atoms with Gasteiger partial charge in [-0.1, -0.05) is 6.92 Å². The summed E-state index contributed by atoms with van der Waals surface area (Å²) in [6.07, 6.45) is 2.97. The van der Waals surface area contributed by atoms with Crippen molar-refractivity contribution in [1.82, 2.24) is 15.2 Å². The van der Waals surface area contributed by atoms with Gasteiger partial charge in [0.15, 0.2) is 11.5 Å². The van der Waals surface area contributed by atoms with Crippen LogP contribution in [0, 0.1) is 0 Å². The van der Waals surface area contributed by atoms with Crippen molar-refractivity contribution < 1.29 is 9.47 Å². The molecule has 5 nitrogen and oxygen atoms in total. The fraction of sp³-hybridized carbons (Fsp3) is 0.643. The molecule has 0 spiro atoms. The van der Waals surface area contributed by atoms with E-state index in [1.807, 2.05) is 6.07 Å². The maximum atomic E-state index is 5.45. The summed E-state index contributed by atoms with van der Waals surface area (Å²) in [6.45, 7) is 6.15. The summed E-state index contributed by atoms with van der Waals surface area (Å²) in [5.41, 5.74) is 0.940. The first-order valence-corrected chi connectivity index (χ1v) is 6.80. The summed E-state index contributed by atoms with van der Waals surface area (Å²) in [6, 6.07) is 2.41. The Hall–Kier alpha value is -1.33. The molecule has 5 heteroatoms. The molecule has 1 aliphatic heterocycles. The van der Waals surface area contributed by atoms with Crippen molar-refractivity contribution in [3.05, 3.63) is 18.0 Å². The third kappa shape index (κ3) is 3.16. The number of methoxy groups -OCH3 is 2. The lowest BCUT2D eigenvalue weighted by atomic mass is 10.2. The molecular weight excluding hydrogens is 242 g/mol. The molecule has 1 aliphatic rings. The zero-order chi connectivity index (χ0) is 13.7. The van der Waals surface area contributed by atoms with Crippen molar-refractivity contribution in [2.24, 2.45) is 0 Å². The van der Waals surface area contributed by atoms with Crippen molar-refractivity contribution in [2.45, 2.75) is 25.9 Å². The second-order valence-electron chi connectivity index (χ2n) is 4.70. The molecule has 0 aliphatic carbocycles. The van der Waals surface area contributed by atoms with Crippen molar-refractivity contribution in [1.29, 1.82) is 0 Å². The minimum absolute atomic E-state index is 0.586. The highest BCUT2D eigenvalue weighted by atomic mass is 16.5. The molecule has 1 fully saturated rings. The van der Waals surface area contributed by atoms with Crippen LogP contribution in [0.3, 0.4) is 0 Å². The van der Waals surface area contributed by atoms with Crippen molar-refractivity contribution in [3.63, 3.8) is 0 Å². The van der Waals surface area contributed by atoms with E-state index in [1.165, 1.54) is 6.42 Å². The predicted molar refractivity (Wildman–Crippen MR) is 74.7 cm³/mol. The Morgan fingerprint density at radius 2 is 2.26 bits per heavy atom. The fourth-order valence-corrected chi connectivity index (χ4v) is 2.61. The van der Waals surface area contributed by atoms with Crippen molar-refractivity contribution in [3.8, 4) is 11.5 Å². The Morgan fingerprint density at radius 1 is 1.42 bits per heavy atom. The highest BCUT2D eigenvalue weighted by molar-refractivity contribution is 5.42. The number of likely N-dealkylation sites (N-methyl/N-ethyl adjacent to an activating group) is 1. The normalized spacial score (nSPS) is 18.8. The molecule has 1 atom stereocenters. The molecule has 106 valence electrons. The molecule has 2 heterocycles. The lowest BCUT2D eigenvalue weighted by Crippen LogP contribution is -2.36. The first kappa shape index (κ1) is 14.1. The largest absolute Gasteiger partial charge is 0.493 e. The maximum Gasteiger partial charge on any atom is 0.183 e. The lowest BCUT2D eigenvalue weighted by molar-refractivity contribution is 0.204. The third-order valence-corrected chi connectivity index (χ3v) is 3.68. The first-order valence-electron chi connectivity index (χ1n) is 6.80. The highest BCUT2D eigenvalue weighted by Crippen LogP contribution is 2.30. The van der Waals surface area contributed by atoms with Gasteiger partial charge in [-0.2, -0.15) is 0 Å². The zero-order valence-electron chi connectivity index (χ0n) is 12.0. The van der Waals surface area contributed by atoms with Crippen molar-refractivity contribution in [2.75, 3.05) is 33.9 Å². The van der Waals surface area contributed by atoms with Gasteiger partial charge in [-0.25, -0.2) is 0 Å². The van der Waals surface area contributed by atoms with E-state index in [2.05, 4.69) is 22.1 Å². The van der Waals surface area contributed by atoms with E-state index in [-0.39, 0.29) is 0 Å². The molecule has 1 unspecified atom stereocenters. The Bertz CT molecular complexity index is 406. The van der Waals surface area contributed by atoms with Crippen LogP contribution in [0.25, 0.3) is 0 Å². The zero-order valence-corrected chi connectivity index (χ0v) is 12.0. The number of pyridine rings is 1. The van der Waals surface area contributed by atoms with Gasteiger partial charge >= 0.3 is 0 Å². The molecule has 2 rings (SSSR count).